The fourth-order valence-electron chi connectivity index (χ4n) is 2.21. The second kappa shape index (κ2) is 4.38. The predicted octanol–water partition coefficient (Wildman–Crippen LogP) is 1.02. The van der Waals surface area contributed by atoms with E-state index in [1.807, 2.05) is 4.57 Å². The van der Waals surface area contributed by atoms with Crippen molar-refractivity contribution < 1.29 is 4.39 Å². The van der Waals surface area contributed by atoms with Crippen LogP contribution in [0.1, 0.15) is 11.4 Å². The van der Waals surface area contributed by atoms with Gasteiger partial charge in [0.05, 0.1) is 12.2 Å². The number of nitrogens with zero attached hydrogens (tertiary/aromatic N) is 4. The SMILES string of the molecule is Nc1cccc(CN2CCn3cnnc3C2)c1F. The van der Waals surface area contributed by atoms with Gasteiger partial charge in [-0.3, -0.25) is 4.90 Å². The zero-order valence-corrected chi connectivity index (χ0v) is 9.88. The molecule has 2 aromatic rings. The lowest BCUT2D eigenvalue weighted by Crippen LogP contribution is -2.33. The summed E-state index contributed by atoms with van der Waals surface area (Å²) in [4.78, 5) is 2.14. The molecule has 18 heavy (non-hydrogen) atoms. The van der Waals surface area contributed by atoms with Gasteiger partial charge in [-0.1, -0.05) is 12.1 Å². The van der Waals surface area contributed by atoms with Gasteiger partial charge < -0.3 is 10.3 Å². The van der Waals surface area contributed by atoms with Crippen LogP contribution < -0.4 is 5.73 Å². The van der Waals surface area contributed by atoms with Crippen LogP contribution in [0.4, 0.5) is 10.1 Å². The van der Waals surface area contributed by atoms with Gasteiger partial charge in [0.15, 0.2) is 5.82 Å². The van der Waals surface area contributed by atoms with Gasteiger partial charge in [0.1, 0.15) is 12.2 Å². The van der Waals surface area contributed by atoms with Crippen LogP contribution in [-0.2, 0) is 19.6 Å². The fourth-order valence-corrected chi connectivity index (χ4v) is 2.21. The van der Waals surface area contributed by atoms with Crippen LogP contribution in [0.3, 0.4) is 0 Å². The highest BCUT2D eigenvalue weighted by Crippen LogP contribution is 2.18. The molecule has 0 fully saturated rings. The van der Waals surface area contributed by atoms with E-state index in [-0.39, 0.29) is 11.5 Å². The van der Waals surface area contributed by atoms with Crippen LogP contribution >= 0.6 is 0 Å². The highest BCUT2D eigenvalue weighted by Gasteiger charge is 2.18. The van der Waals surface area contributed by atoms with Crippen molar-refractivity contribution in [1.29, 1.82) is 0 Å². The van der Waals surface area contributed by atoms with E-state index in [0.717, 1.165) is 18.9 Å². The minimum absolute atomic E-state index is 0.202. The van der Waals surface area contributed by atoms with Crippen LogP contribution in [0.2, 0.25) is 0 Å². The third-order valence-corrected chi connectivity index (χ3v) is 3.22. The highest BCUT2D eigenvalue weighted by atomic mass is 19.1. The van der Waals surface area contributed by atoms with Gasteiger partial charge in [0, 0.05) is 25.2 Å². The van der Waals surface area contributed by atoms with Crippen molar-refractivity contribution in [3.63, 3.8) is 0 Å². The molecule has 2 heterocycles. The van der Waals surface area contributed by atoms with Crippen LogP contribution in [0.15, 0.2) is 24.5 Å². The van der Waals surface area contributed by atoms with Crippen molar-refractivity contribution in [3.8, 4) is 0 Å². The second-order valence-electron chi connectivity index (χ2n) is 4.47. The molecule has 0 aliphatic carbocycles. The minimum Gasteiger partial charge on any atom is -0.396 e. The number of nitrogen functional groups attached to an aromatic ring is 1. The summed E-state index contributed by atoms with van der Waals surface area (Å²) in [6, 6.07) is 5.12. The maximum absolute atomic E-state index is 13.8. The van der Waals surface area contributed by atoms with Gasteiger partial charge in [-0.2, -0.15) is 0 Å². The van der Waals surface area contributed by atoms with E-state index in [2.05, 4.69) is 15.1 Å². The third-order valence-electron chi connectivity index (χ3n) is 3.22. The molecule has 3 rings (SSSR count). The first-order valence-corrected chi connectivity index (χ1v) is 5.86. The lowest BCUT2D eigenvalue weighted by atomic mass is 10.1. The van der Waals surface area contributed by atoms with Crippen LogP contribution in [-0.4, -0.2) is 26.2 Å². The summed E-state index contributed by atoms with van der Waals surface area (Å²) in [6.07, 6.45) is 1.73. The number of fused-ring (bicyclic) bond motifs is 1. The molecule has 0 amide bonds. The standard InChI is InChI=1S/C12H14FN5/c13-12-9(2-1-3-10(12)14)6-17-4-5-18-8-15-16-11(18)7-17/h1-3,8H,4-7,14H2. The molecule has 5 nitrogen and oxygen atoms in total. The minimum atomic E-state index is -0.315. The number of hydrogen-bond acceptors (Lipinski definition) is 4. The Labute approximate surface area is 104 Å². The van der Waals surface area contributed by atoms with Gasteiger partial charge in [-0.05, 0) is 6.07 Å². The third kappa shape index (κ3) is 1.95. The molecule has 0 radical (unpaired) electrons. The number of anilines is 1. The Morgan fingerprint density at radius 2 is 2.22 bits per heavy atom. The summed E-state index contributed by atoms with van der Waals surface area (Å²) in [5.41, 5.74) is 6.40. The normalized spacial score (nSPS) is 15.6. The molecule has 94 valence electrons. The van der Waals surface area contributed by atoms with E-state index in [4.69, 9.17) is 5.73 Å². The highest BCUT2D eigenvalue weighted by molar-refractivity contribution is 5.42. The molecule has 0 bridgehead atoms. The molecule has 6 heteroatoms. The van der Waals surface area contributed by atoms with Crippen molar-refractivity contribution in [3.05, 3.63) is 41.7 Å². The second-order valence-corrected chi connectivity index (χ2v) is 4.47. The zero-order chi connectivity index (χ0) is 12.5. The van der Waals surface area contributed by atoms with Gasteiger partial charge in [-0.15, -0.1) is 10.2 Å². The quantitative estimate of drug-likeness (QED) is 0.805. The van der Waals surface area contributed by atoms with Gasteiger partial charge in [-0.25, -0.2) is 4.39 Å². The number of benzene rings is 1. The lowest BCUT2D eigenvalue weighted by Gasteiger charge is -2.27. The first-order valence-electron chi connectivity index (χ1n) is 5.86. The first kappa shape index (κ1) is 11.2. The molecule has 1 aliphatic rings. The van der Waals surface area contributed by atoms with Gasteiger partial charge >= 0.3 is 0 Å². The van der Waals surface area contributed by atoms with Crippen molar-refractivity contribution in [1.82, 2.24) is 19.7 Å². The molecule has 1 aromatic carbocycles. The average molecular weight is 247 g/mol. The van der Waals surface area contributed by atoms with Gasteiger partial charge in [0.2, 0.25) is 0 Å². The van der Waals surface area contributed by atoms with E-state index in [1.165, 1.54) is 0 Å². The number of aromatic nitrogens is 3. The maximum atomic E-state index is 13.8. The summed E-state index contributed by atoms with van der Waals surface area (Å²) < 4.78 is 15.8. The zero-order valence-electron chi connectivity index (χ0n) is 9.88. The monoisotopic (exact) mass is 247 g/mol. The molecule has 0 unspecified atom stereocenters. The molecule has 0 saturated heterocycles. The Balaban J connectivity index is 1.77. The van der Waals surface area contributed by atoms with E-state index in [1.54, 1.807) is 24.5 Å². The molecule has 0 spiro atoms. The smallest absolute Gasteiger partial charge is 0.150 e. The average Bonchev–Trinajstić information content (AvgIpc) is 2.82. The van der Waals surface area contributed by atoms with E-state index < -0.39 is 0 Å². The van der Waals surface area contributed by atoms with E-state index in [0.29, 0.717) is 18.7 Å². The van der Waals surface area contributed by atoms with Gasteiger partial charge in [0.25, 0.3) is 0 Å². The summed E-state index contributed by atoms with van der Waals surface area (Å²) in [5, 5.41) is 7.91. The summed E-state index contributed by atoms with van der Waals surface area (Å²) in [7, 11) is 0. The molecule has 1 aromatic heterocycles. The van der Waals surface area contributed by atoms with Crippen molar-refractivity contribution in [2.24, 2.45) is 0 Å². The molecule has 1 aliphatic heterocycles. The van der Waals surface area contributed by atoms with Crippen molar-refractivity contribution in [2.75, 3.05) is 12.3 Å². The molecular formula is C12H14FN5. The van der Waals surface area contributed by atoms with Crippen LogP contribution in [0, 0.1) is 5.82 Å². The summed E-state index contributed by atoms with van der Waals surface area (Å²) in [5.74, 6) is 0.607. The Bertz CT molecular complexity index is 565. The number of hydrogen-bond donors (Lipinski definition) is 1. The Morgan fingerprint density at radius 1 is 1.33 bits per heavy atom. The Hall–Kier alpha value is -1.95. The van der Waals surface area contributed by atoms with E-state index >= 15 is 0 Å². The van der Waals surface area contributed by atoms with Crippen molar-refractivity contribution in [2.45, 2.75) is 19.6 Å². The largest absolute Gasteiger partial charge is 0.396 e. The number of rotatable bonds is 2. The fraction of sp³-hybridized carbons (Fsp3) is 0.333. The molecular weight excluding hydrogens is 233 g/mol. The Kier molecular flexibility index (Phi) is 2.71. The van der Waals surface area contributed by atoms with Crippen LogP contribution in [0.25, 0.3) is 0 Å². The Morgan fingerprint density at radius 3 is 3.11 bits per heavy atom. The number of nitrogens with two attached hydrogens (primary N) is 1. The van der Waals surface area contributed by atoms with Crippen molar-refractivity contribution >= 4 is 5.69 Å². The summed E-state index contributed by atoms with van der Waals surface area (Å²) >= 11 is 0. The van der Waals surface area contributed by atoms with E-state index in [9.17, 15) is 4.39 Å². The molecule has 2 N–H and O–H groups in total. The molecule has 0 atom stereocenters. The molecule has 0 saturated carbocycles. The predicted molar refractivity (Wildman–Crippen MR) is 64.9 cm³/mol. The number of halogens is 1. The lowest BCUT2D eigenvalue weighted by molar-refractivity contribution is 0.206. The summed E-state index contributed by atoms with van der Waals surface area (Å²) in [6.45, 7) is 2.93. The first-order chi connectivity index (χ1) is 8.74. The van der Waals surface area contributed by atoms with Crippen LogP contribution in [0.5, 0.6) is 0 Å². The topological polar surface area (TPSA) is 60.0 Å². The maximum Gasteiger partial charge on any atom is 0.150 e.